The van der Waals surface area contributed by atoms with E-state index in [2.05, 4.69) is 25.5 Å². The van der Waals surface area contributed by atoms with E-state index in [0.717, 1.165) is 11.6 Å². The molecule has 3 rings (SSSR count). The number of halogens is 3. The zero-order valence-corrected chi connectivity index (χ0v) is 19.0. The van der Waals surface area contributed by atoms with Crippen molar-refractivity contribution in [1.82, 2.24) is 0 Å². The highest BCUT2D eigenvalue weighted by Gasteiger charge is 2.32. The molecule has 7 heteroatoms. The van der Waals surface area contributed by atoms with Gasteiger partial charge in [0.25, 0.3) is 0 Å². The molecule has 178 valence electrons. The van der Waals surface area contributed by atoms with E-state index >= 15 is 0 Å². The predicted molar refractivity (Wildman–Crippen MR) is 125 cm³/mol. The van der Waals surface area contributed by atoms with Crippen molar-refractivity contribution in [1.29, 1.82) is 0 Å². The van der Waals surface area contributed by atoms with Gasteiger partial charge in [0.1, 0.15) is 18.1 Å². The van der Waals surface area contributed by atoms with Gasteiger partial charge in [-0.15, -0.1) is 13.2 Å². The van der Waals surface area contributed by atoms with Crippen molar-refractivity contribution < 1.29 is 32.5 Å². The molecule has 0 aromatic heterocycles. The van der Waals surface area contributed by atoms with E-state index in [1.165, 1.54) is 29.8 Å². The zero-order valence-electron chi connectivity index (χ0n) is 19.0. The van der Waals surface area contributed by atoms with Crippen LogP contribution in [0.25, 0.3) is 17.2 Å². The molecule has 0 heterocycles. The van der Waals surface area contributed by atoms with Gasteiger partial charge < -0.3 is 14.6 Å². The smallest absolute Gasteiger partial charge is 0.488 e. The third-order valence-corrected chi connectivity index (χ3v) is 5.05. The molecule has 3 aromatic rings. The van der Waals surface area contributed by atoms with Gasteiger partial charge in [-0.25, -0.2) is 4.79 Å². The molecular formula is C27H25F3O4. The maximum absolute atomic E-state index is 12.8. The molecule has 0 aliphatic heterocycles. The van der Waals surface area contributed by atoms with E-state index in [-0.39, 0.29) is 23.3 Å². The Hall–Kier alpha value is -3.74. The summed E-state index contributed by atoms with van der Waals surface area (Å²) in [7, 11) is 0. The molecule has 4 nitrogen and oxygen atoms in total. The zero-order chi connectivity index (χ0) is 24.9. The minimum Gasteiger partial charge on any atom is -0.488 e. The maximum atomic E-state index is 12.8. The molecule has 0 amide bonds. The number of benzene rings is 3. The van der Waals surface area contributed by atoms with Crippen LogP contribution in [0.15, 0.2) is 72.8 Å². The fraction of sp³-hybridized carbons (Fsp3) is 0.222. The second-order valence-corrected chi connectivity index (χ2v) is 8.70. The molecule has 0 atom stereocenters. The Kier molecular flexibility index (Phi) is 7.35. The summed E-state index contributed by atoms with van der Waals surface area (Å²) >= 11 is 0. The lowest BCUT2D eigenvalue weighted by atomic mass is 9.87. The number of para-hydroxylation sites is 1. The highest BCUT2D eigenvalue weighted by Crippen LogP contribution is 2.36. The fourth-order valence-electron chi connectivity index (χ4n) is 3.32. The summed E-state index contributed by atoms with van der Waals surface area (Å²) in [4.78, 5) is 11.1. The van der Waals surface area contributed by atoms with E-state index in [4.69, 9.17) is 9.84 Å². The van der Waals surface area contributed by atoms with Crippen LogP contribution in [-0.4, -0.2) is 17.4 Å². The molecular weight excluding hydrogens is 445 g/mol. The number of carboxylic acids is 1. The molecule has 3 aromatic carbocycles. The van der Waals surface area contributed by atoms with Crippen molar-refractivity contribution in [2.45, 2.75) is 39.2 Å². The number of ether oxygens (including phenoxy) is 2. The SMILES string of the molecule is CC(C)(C)c1ccc(COc2ccc(-c3ccccc3OC(F)(F)F)cc2C=CC(=O)O)cc1. The monoisotopic (exact) mass is 470 g/mol. The van der Waals surface area contributed by atoms with Gasteiger partial charge in [0.15, 0.2) is 0 Å². The molecule has 0 aliphatic carbocycles. The van der Waals surface area contributed by atoms with E-state index in [1.807, 2.05) is 24.3 Å². The first kappa shape index (κ1) is 24.9. The van der Waals surface area contributed by atoms with Crippen molar-refractivity contribution in [3.63, 3.8) is 0 Å². The maximum Gasteiger partial charge on any atom is 0.573 e. The molecule has 0 fully saturated rings. The van der Waals surface area contributed by atoms with Crippen LogP contribution < -0.4 is 9.47 Å². The predicted octanol–water partition coefficient (Wildman–Crippen LogP) is 7.23. The summed E-state index contributed by atoms with van der Waals surface area (Å²) in [5.41, 5.74) is 3.18. The molecule has 0 saturated heterocycles. The minimum atomic E-state index is -4.84. The molecule has 0 radical (unpaired) electrons. The molecule has 0 unspecified atom stereocenters. The Bertz CT molecular complexity index is 1170. The van der Waals surface area contributed by atoms with Gasteiger partial charge in [-0.1, -0.05) is 69.3 Å². The van der Waals surface area contributed by atoms with Gasteiger partial charge in [0.2, 0.25) is 0 Å². The van der Waals surface area contributed by atoms with E-state index in [1.54, 1.807) is 24.3 Å². The van der Waals surface area contributed by atoms with Crippen LogP contribution in [-0.2, 0) is 16.8 Å². The Labute approximate surface area is 196 Å². The second-order valence-electron chi connectivity index (χ2n) is 8.70. The molecule has 0 spiro atoms. The highest BCUT2D eigenvalue weighted by atomic mass is 19.4. The average Bonchev–Trinajstić information content (AvgIpc) is 2.75. The van der Waals surface area contributed by atoms with E-state index < -0.39 is 12.3 Å². The van der Waals surface area contributed by atoms with Gasteiger partial charge in [0.05, 0.1) is 0 Å². The molecule has 0 bridgehead atoms. The number of rotatable bonds is 7. The van der Waals surface area contributed by atoms with Crippen LogP contribution in [0.4, 0.5) is 13.2 Å². The number of hydrogen-bond donors (Lipinski definition) is 1. The van der Waals surface area contributed by atoms with Gasteiger partial charge in [-0.3, -0.25) is 0 Å². The minimum absolute atomic E-state index is 0.0239. The largest absolute Gasteiger partial charge is 0.573 e. The average molecular weight is 470 g/mol. The third-order valence-electron chi connectivity index (χ3n) is 5.05. The summed E-state index contributed by atoms with van der Waals surface area (Å²) in [6, 6.07) is 18.5. The molecule has 34 heavy (non-hydrogen) atoms. The van der Waals surface area contributed by atoms with Crippen LogP contribution in [0.2, 0.25) is 0 Å². The Morgan fingerprint density at radius 3 is 2.24 bits per heavy atom. The van der Waals surface area contributed by atoms with Gasteiger partial charge in [0, 0.05) is 17.2 Å². The summed E-state index contributed by atoms with van der Waals surface area (Å²) in [6.45, 7) is 6.61. The van der Waals surface area contributed by atoms with Crippen molar-refractivity contribution in [2.24, 2.45) is 0 Å². The van der Waals surface area contributed by atoms with Crippen molar-refractivity contribution in [3.8, 4) is 22.6 Å². The van der Waals surface area contributed by atoms with Gasteiger partial charge >= 0.3 is 12.3 Å². The fourth-order valence-corrected chi connectivity index (χ4v) is 3.32. The van der Waals surface area contributed by atoms with Crippen molar-refractivity contribution >= 4 is 12.0 Å². The van der Waals surface area contributed by atoms with Crippen LogP contribution in [0.1, 0.15) is 37.5 Å². The first-order valence-corrected chi connectivity index (χ1v) is 10.5. The summed E-state index contributed by atoms with van der Waals surface area (Å²) < 4.78 is 48.5. The van der Waals surface area contributed by atoms with Gasteiger partial charge in [-0.05, 0) is 46.4 Å². The van der Waals surface area contributed by atoms with Crippen LogP contribution in [0.3, 0.4) is 0 Å². The Morgan fingerprint density at radius 2 is 1.62 bits per heavy atom. The number of alkyl halides is 3. The number of carboxylic acid groups (broad SMARTS) is 1. The Balaban J connectivity index is 1.90. The number of hydrogen-bond acceptors (Lipinski definition) is 3. The highest BCUT2D eigenvalue weighted by molar-refractivity contribution is 5.86. The summed E-state index contributed by atoms with van der Waals surface area (Å²) in [5, 5.41) is 9.05. The Morgan fingerprint density at radius 1 is 0.941 bits per heavy atom. The topological polar surface area (TPSA) is 55.8 Å². The molecule has 0 aliphatic rings. The van der Waals surface area contributed by atoms with Crippen LogP contribution >= 0.6 is 0 Å². The standard InChI is InChI=1S/C27H25F3O4/c1-26(2,3)21-12-8-18(9-13-21)17-33-23-14-10-19(16-20(23)11-15-25(31)32)22-6-4-5-7-24(22)34-27(28,29)30/h4-16H,17H2,1-3H3,(H,31,32). The molecule has 0 saturated carbocycles. The van der Waals surface area contributed by atoms with Crippen molar-refractivity contribution in [2.75, 3.05) is 0 Å². The molecule has 1 N–H and O–H groups in total. The third kappa shape index (κ3) is 6.88. The quantitative estimate of drug-likeness (QED) is 0.370. The van der Waals surface area contributed by atoms with Crippen molar-refractivity contribution in [3.05, 3.63) is 89.5 Å². The van der Waals surface area contributed by atoms with Crippen LogP contribution in [0.5, 0.6) is 11.5 Å². The number of aliphatic carboxylic acids is 1. The summed E-state index contributed by atoms with van der Waals surface area (Å²) in [6.07, 6.45) is -2.55. The van der Waals surface area contributed by atoms with E-state index in [9.17, 15) is 18.0 Å². The first-order valence-electron chi connectivity index (χ1n) is 10.5. The lowest BCUT2D eigenvalue weighted by molar-refractivity contribution is -0.274. The van der Waals surface area contributed by atoms with Crippen LogP contribution in [0, 0.1) is 0 Å². The normalized spacial score (nSPS) is 12.1. The van der Waals surface area contributed by atoms with Gasteiger partial charge in [-0.2, -0.15) is 0 Å². The first-order chi connectivity index (χ1) is 15.9. The summed E-state index contributed by atoms with van der Waals surface area (Å²) in [5.74, 6) is -1.11. The lowest BCUT2D eigenvalue weighted by Gasteiger charge is -2.19. The lowest BCUT2D eigenvalue weighted by Crippen LogP contribution is -2.17. The number of carbonyl (C=O) groups is 1. The van der Waals surface area contributed by atoms with E-state index in [0.29, 0.717) is 16.9 Å². The second kappa shape index (κ2) is 10.0.